The lowest BCUT2D eigenvalue weighted by molar-refractivity contribution is -0.583. The molecule has 32 valence electrons. The number of quaternary nitrogens is 1. The van der Waals surface area contributed by atoms with Gasteiger partial charge >= 0.3 is 0 Å². The predicted octanol–water partition coefficient (Wildman–Crippen LogP) is -1.02. The molecule has 0 atom stereocenters. The van der Waals surface area contributed by atoms with Crippen LogP contribution >= 0.6 is 12.6 Å². The van der Waals surface area contributed by atoms with Crippen molar-refractivity contribution in [3.05, 3.63) is 5.21 Å². The van der Waals surface area contributed by atoms with Crippen molar-refractivity contribution in [2.45, 2.75) is 0 Å². The second-order valence-electron chi connectivity index (χ2n) is 0.679. The van der Waals surface area contributed by atoms with Crippen LogP contribution in [-0.4, -0.2) is 12.3 Å². The fraction of sp³-hybridized carbons (Fsp3) is 1.00. The largest absolute Gasteiger partial charge is 0.636 e. The lowest BCUT2D eigenvalue weighted by atomic mass is 10.8. The zero-order valence-electron chi connectivity index (χ0n) is 2.85. The minimum Gasteiger partial charge on any atom is -0.636 e. The van der Waals surface area contributed by atoms with Gasteiger partial charge in [-0.3, -0.25) is 0 Å². The highest BCUT2D eigenvalue weighted by atomic mass is 32.1. The molecule has 2 nitrogen and oxygen atoms in total. The summed E-state index contributed by atoms with van der Waals surface area (Å²) in [6, 6.07) is 0. The molecule has 0 aromatic heterocycles. The number of hydrogen-bond donors (Lipinski definition) is 2. The van der Waals surface area contributed by atoms with E-state index in [9.17, 15) is 5.21 Å². The van der Waals surface area contributed by atoms with Gasteiger partial charge < -0.3 is 10.7 Å². The van der Waals surface area contributed by atoms with Gasteiger partial charge in [-0.05, 0) is 0 Å². The summed E-state index contributed by atoms with van der Waals surface area (Å²) in [7, 11) is 0. The highest BCUT2D eigenvalue weighted by molar-refractivity contribution is 7.80. The first-order valence-corrected chi connectivity index (χ1v) is 2.09. The topological polar surface area (TPSA) is 39.7 Å². The Morgan fingerprint density at radius 1 is 1.80 bits per heavy atom. The first kappa shape index (κ1) is 5.27. The van der Waals surface area contributed by atoms with E-state index in [4.69, 9.17) is 0 Å². The van der Waals surface area contributed by atoms with Crippen molar-refractivity contribution in [2.24, 2.45) is 0 Å². The Kier molecular flexibility index (Phi) is 4.50. The third-order valence-electron chi connectivity index (χ3n) is 0.247. The molecule has 0 amide bonds. The maximum atomic E-state index is 9.36. The zero-order valence-corrected chi connectivity index (χ0v) is 3.74. The Hall–Kier alpha value is 0.270. The molecule has 0 rings (SSSR count). The molecule has 3 heteroatoms. The van der Waals surface area contributed by atoms with Crippen LogP contribution in [0.3, 0.4) is 0 Å². The van der Waals surface area contributed by atoms with E-state index >= 15 is 0 Å². The molecule has 0 aromatic carbocycles. The third kappa shape index (κ3) is 4.27. The van der Waals surface area contributed by atoms with Gasteiger partial charge in [0.2, 0.25) is 0 Å². The molecule has 0 spiro atoms. The van der Waals surface area contributed by atoms with Crippen LogP contribution in [0.25, 0.3) is 0 Å². The fourth-order valence-electron chi connectivity index (χ4n) is 0.0527. The third-order valence-corrected chi connectivity index (χ3v) is 0.505. The van der Waals surface area contributed by atoms with Crippen LogP contribution in [0.4, 0.5) is 0 Å². The summed E-state index contributed by atoms with van der Waals surface area (Å²) < 4.78 is 0. The van der Waals surface area contributed by atoms with E-state index < -0.39 is 0 Å². The van der Waals surface area contributed by atoms with Crippen LogP contribution in [-0.2, 0) is 0 Å². The molecular formula is C2H7NOS. The van der Waals surface area contributed by atoms with Crippen molar-refractivity contribution in [1.82, 2.24) is 0 Å². The highest BCUT2D eigenvalue weighted by Gasteiger charge is 1.65. The highest BCUT2D eigenvalue weighted by Crippen LogP contribution is 1.58. The van der Waals surface area contributed by atoms with Gasteiger partial charge in [0.25, 0.3) is 0 Å². The van der Waals surface area contributed by atoms with Gasteiger partial charge in [0, 0.05) is 5.75 Å². The molecule has 0 aliphatic carbocycles. The first-order valence-electron chi connectivity index (χ1n) is 1.46. The molecule has 2 N–H and O–H groups in total. The maximum Gasteiger partial charge on any atom is 0.0842 e. The summed E-state index contributed by atoms with van der Waals surface area (Å²) >= 11 is 3.77. The van der Waals surface area contributed by atoms with E-state index in [2.05, 4.69) is 12.6 Å². The van der Waals surface area contributed by atoms with Crippen molar-refractivity contribution in [1.29, 1.82) is 0 Å². The second kappa shape index (κ2) is 4.27. The number of nitrogens with two attached hydrogens (primary N) is 1. The molecular weight excluding hydrogens is 86.1 g/mol. The monoisotopic (exact) mass is 93.0 g/mol. The van der Waals surface area contributed by atoms with Gasteiger partial charge in [-0.15, -0.1) is 0 Å². The predicted molar refractivity (Wildman–Crippen MR) is 24.0 cm³/mol. The van der Waals surface area contributed by atoms with Crippen molar-refractivity contribution in [2.75, 3.05) is 12.3 Å². The number of hydrogen-bond acceptors (Lipinski definition) is 2. The van der Waals surface area contributed by atoms with Crippen LogP contribution in [0.15, 0.2) is 0 Å². The Bertz CT molecular complexity index is 17.1. The minimum atomic E-state index is 0.573. The Labute approximate surface area is 36.6 Å². The Morgan fingerprint density at radius 3 is 2.40 bits per heavy atom. The SMILES string of the molecule is [O-][NH2+]CCS. The lowest BCUT2D eigenvalue weighted by Crippen LogP contribution is -2.77. The molecule has 0 saturated carbocycles. The molecule has 0 unspecified atom stereocenters. The van der Waals surface area contributed by atoms with Gasteiger partial charge in [-0.2, -0.15) is 12.6 Å². The molecule has 0 heterocycles. The summed E-state index contributed by atoms with van der Waals surface area (Å²) in [5.41, 5.74) is 0.854. The van der Waals surface area contributed by atoms with Gasteiger partial charge in [0.1, 0.15) is 0 Å². The molecule has 0 aromatic rings. The van der Waals surface area contributed by atoms with Crippen molar-refractivity contribution in [3.8, 4) is 0 Å². The van der Waals surface area contributed by atoms with E-state index in [0.29, 0.717) is 12.3 Å². The molecule has 0 bridgehead atoms. The summed E-state index contributed by atoms with van der Waals surface area (Å²) in [4.78, 5) is 0. The number of hydroxylamine groups is 1. The summed E-state index contributed by atoms with van der Waals surface area (Å²) in [5, 5.41) is 9.36. The molecule has 0 saturated heterocycles. The molecule has 5 heavy (non-hydrogen) atoms. The average Bonchev–Trinajstić information content (AvgIpc) is 1.41. The van der Waals surface area contributed by atoms with Crippen molar-refractivity contribution >= 4 is 12.6 Å². The van der Waals surface area contributed by atoms with Gasteiger partial charge in [-0.25, -0.2) is 0 Å². The van der Waals surface area contributed by atoms with Gasteiger partial charge in [0.05, 0.1) is 6.54 Å². The van der Waals surface area contributed by atoms with Gasteiger partial charge in [-0.1, -0.05) is 0 Å². The van der Waals surface area contributed by atoms with Crippen molar-refractivity contribution < 1.29 is 5.48 Å². The van der Waals surface area contributed by atoms with Crippen LogP contribution in [0.2, 0.25) is 0 Å². The summed E-state index contributed by atoms with van der Waals surface area (Å²) in [6.07, 6.45) is 0. The second-order valence-corrected chi connectivity index (χ2v) is 1.13. The Balaban J connectivity index is 2.19. The fourth-order valence-corrected chi connectivity index (χ4v) is 0.158. The van der Waals surface area contributed by atoms with E-state index in [0.717, 1.165) is 5.48 Å². The molecule has 0 aliphatic heterocycles. The van der Waals surface area contributed by atoms with Crippen molar-refractivity contribution in [3.63, 3.8) is 0 Å². The van der Waals surface area contributed by atoms with Crippen LogP contribution in [0.1, 0.15) is 0 Å². The van der Waals surface area contributed by atoms with Crippen LogP contribution in [0, 0.1) is 5.21 Å². The lowest BCUT2D eigenvalue weighted by Gasteiger charge is -1.93. The maximum absolute atomic E-state index is 9.36. The number of rotatable bonds is 2. The van der Waals surface area contributed by atoms with E-state index in [-0.39, 0.29) is 0 Å². The minimum absolute atomic E-state index is 0.573. The van der Waals surface area contributed by atoms with Gasteiger partial charge in [0.15, 0.2) is 0 Å². The molecule has 0 fully saturated rings. The standard InChI is InChI=1S/C2H7NOS/c4-3-1-2-5/h5H,1-3H2. The Morgan fingerprint density at radius 2 is 2.40 bits per heavy atom. The molecule has 0 radical (unpaired) electrons. The summed E-state index contributed by atoms with van der Waals surface area (Å²) in [5.74, 6) is 0.670. The van der Waals surface area contributed by atoms with E-state index in [1.165, 1.54) is 0 Å². The molecule has 0 aliphatic rings. The zero-order chi connectivity index (χ0) is 4.12. The average molecular weight is 93.2 g/mol. The smallest absolute Gasteiger partial charge is 0.0842 e. The summed E-state index contributed by atoms with van der Waals surface area (Å²) in [6.45, 7) is 0.573. The van der Waals surface area contributed by atoms with E-state index in [1.54, 1.807) is 0 Å². The number of thiol groups is 1. The normalized spacial score (nSPS) is 8.40. The van der Waals surface area contributed by atoms with E-state index in [1.807, 2.05) is 0 Å². The quantitative estimate of drug-likeness (QED) is 0.333. The first-order chi connectivity index (χ1) is 2.41. The van der Waals surface area contributed by atoms with Crippen LogP contribution in [0.5, 0.6) is 0 Å². The van der Waals surface area contributed by atoms with Crippen LogP contribution < -0.4 is 5.48 Å².